The highest BCUT2D eigenvalue weighted by Crippen LogP contribution is 2.33. The molecule has 4 heterocycles. The van der Waals surface area contributed by atoms with Crippen LogP contribution in [-0.2, 0) is 6.54 Å². The first-order valence-electron chi connectivity index (χ1n) is 10.1. The van der Waals surface area contributed by atoms with E-state index in [1.54, 1.807) is 36.3 Å². The van der Waals surface area contributed by atoms with Gasteiger partial charge in [-0.25, -0.2) is 9.61 Å². The molecule has 5 aromatic rings. The predicted molar refractivity (Wildman–Crippen MR) is 114 cm³/mol. The lowest BCUT2D eigenvalue weighted by Gasteiger charge is -2.20. The molecular weight excluding hydrogens is 410 g/mol. The van der Waals surface area contributed by atoms with Gasteiger partial charge in [-0.1, -0.05) is 45.8 Å². The lowest BCUT2D eigenvalue weighted by atomic mass is 10.0. The quantitative estimate of drug-likeness (QED) is 0.388. The largest absolute Gasteiger partial charge is 0.463 e. The van der Waals surface area contributed by atoms with Crippen molar-refractivity contribution in [2.45, 2.75) is 20.4 Å². The van der Waals surface area contributed by atoms with Gasteiger partial charge < -0.3 is 13.8 Å². The fourth-order valence-electron chi connectivity index (χ4n) is 3.53. The van der Waals surface area contributed by atoms with E-state index in [1.807, 2.05) is 37.3 Å². The van der Waals surface area contributed by atoms with Gasteiger partial charge in [0.1, 0.15) is 22.8 Å². The second-order valence-corrected chi connectivity index (χ2v) is 7.23. The number of carbonyl (C=O) groups excluding carboxylic acids is 1. The Labute approximate surface area is 182 Å². The van der Waals surface area contributed by atoms with Crippen molar-refractivity contribution >= 4 is 17.0 Å². The van der Waals surface area contributed by atoms with Crippen LogP contribution in [0.5, 0.6) is 0 Å². The Hall–Kier alpha value is -4.27. The number of rotatable bonds is 6. The van der Waals surface area contributed by atoms with Crippen molar-refractivity contribution in [3.8, 4) is 22.7 Å². The number of aryl methyl sites for hydroxylation is 1. The molecule has 0 unspecified atom stereocenters. The second kappa shape index (κ2) is 8.10. The van der Waals surface area contributed by atoms with Crippen LogP contribution in [0.25, 0.3) is 33.8 Å². The van der Waals surface area contributed by atoms with Crippen LogP contribution in [0.2, 0.25) is 0 Å². The van der Waals surface area contributed by atoms with Gasteiger partial charge in [-0.3, -0.25) is 4.79 Å². The van der Waals surface area contributed by atoms with Crippen molar-refractivity contribution in [2.75, 3.05) is 6.54 Å². The monoisotopic (exact) mass is 429 g/mol. The molecule has 0 aliphatic carbocycles. The van der Waals surface area contributed by atoms with Gasteiger partial charge in [0.25, 0.3) is 11.6 Å². The maximum Gasteiger partial charge on any atom is 0.259 e. The molecule has 32 heavy (non-hydrogen) atoms. The van der Waals surface area contributed by atoms with Crippen LogP contribution in [0, 0.1) is 6.92 Å². The molecule has 1 amide bonds. The average molecular weight is 429 g/mol. The van der Waals surface area contributed by atoms with Gasteiger partial charge in [-0.05, 0) is 32.0 Å². The molecule has 9 nitrogen and oxygen atoms in total. The number of pyridine rings is 1. The molecule has 0 N–H and O–H groups in total. The lowest BCUT2D eigenvalue weighted by Crippen LogP contribution is -2.31. The number of aromatic nitrogens is 4. The zero-order chi connectivity index (χ0) is 22.1. The minimum atomic E-state index is -0.213. The topological polar surface area (TPSA) is 111 Å². The van der Waals surface area contributed by atoms with Crippen LogP contribution >= 0.6 is 0 Å². The number of hydrogen-bond acceptors (Lipinski definition) is 8. The van der Waals surface area contributed by atoms with Crippen molar-refractivity contribution in [3.05, 3.63) is 71.7 Å². The Morgan fingerprint density at radius 1 is 1.06 bits per heavy atom. The van der Waals surface area contributed by atoms with E-state index < -0.39 is 0 Å². The zero-order valence-corrected chi connectivity index (χ0v) is 17.5. The normalized spacial score (nSPS) is 11.2. The first kappa shape index (κ1) is 19.7. The molecule has 0 saturated carbocycles. The van der Waals surface area contributed by atoms with Crippen LogP contribution in [0.4, 0.5) is 0 Å². The minimum Gasteiger partial charge on any atom is -0.463 e. The number of amides is 1. The summed E-state index contributed by atoms with van der Waals surface area (Å²) in [6.07, 6.45) is 1.55. The van der Waals surface area contributed by atoms with Crippen molar-refractivity contribution < 1.29 is 18.4 Å². The Bertz CT molecular complexity index is 1370. The first-order chi connectivity index (χ1) is 15.7. The van der Waals surface area contributed by atoms with Gasteiger partial charge >= 0.3 is 0 Å². The Morgan fingerprint density at radius 2 is 1.91 bits per heavy atom. The van der Waals surface area contributed by atoms with Gasteiger partial charge in [0.05, 0.1) is 23.8 Å². The third-order valence-electron chi connectivity index (χ3n) is 5.25. The summed E-state index contributed by atoms with van der Waals surface area (Å²) in [4.78, 5) is 20.0. The van der Waals surface area contributed by atoms with Gasteiger partial charge in [-0.15, -0.1) is 0 Å². The Kier molecular flexibility index (Phi) is 4.98. The summed E-state index contributed by atoms with van der Waals surface area (Å²) in [5.41, 5.74) is 3.78. The summed E-state index contributed by atoms with van der Waals surface area (Å²) in [5, 5.41) is 12.5. The molecule has 0 saturated heterocycles. The highest BCUT2D eigenvalue weighted by molar-refractivity contribution is 6.10. The van der Waals surface area contributed by atoms with Crippen molar-refractivity contribution in [1.29, 1.82) is 0 Å². The van der Waals surface area contributed by atoms with Gasteiger partial charge in [-0.2, -0.15) is 0 Å². The highest BCUT2D eigenvalue weighted by Gasteiger charge is 2.26. The van der Waals surface area contributed by atoms with E-state index in [1.165, 1.54) is 0 Å². The number of benzene rings is 1. The van der Waals surface area contributed by atoms with Crippen LogP contribution in [-0.4, -0.2) is 37.8 Å². The summed E-state index contributed by atoms with van der Waals surface area (Å²) in [5.74, 6) is 0.314. The fraction of sp³-hybridized carbons (Fsp3) is 0.174. The molecule has 0 spiro atoms. The fourth-order valence-corrected chi connectivity index (χ4v) is 3.53. The summed E-state index contributed by atoms with van der Waals surface area (Å²) in [6, 6.07) is 14.8. The molecule has 0 bridgehead atoms. The molecule has 4 aromatic heterocycles. The van der Waals surface area contributed by atoms with Gasteiger partial charge in [0.15, 0.2) is 5.76 Å². The Morgan fingerprint density at radius 3 is 2.59 bits per heavy atom. The molecule has 9 heteroatoms. The number of hydrogen-bond donors (Lipinski definition) is 0. The van der Waals surface area contributed by atoms with E-state index in [-0.39, 0.29) is 18.2 Å². The van der Waals surface area contributed by atoms with Crippen LogP contribution < -0.4 is 0 Å². The van der Waals surface area contributed by atoms with Crippen molar-refractivity contribution in [3.63, 3.8) is 0 Å². The Balaban J connectivity index is 1.67. The molecule has 1 aromatic carbocycles. The zero-order valence-electron chi connectivity index (χ0n) is 17.5. The summed E-state index contributed by atoms with van der Waals surface area (Å²) < 4.78 is 15.9. The van der Waals surface area contributed by atoms with Crippen LogP contribution in [0.15, 0.2) is 68.4 Å². The first-order valence-corrected chi connectivity index (χ1v) is 10.1. The summed E-state index contributed by atoms with van der Waals surface area (Å²) in [7, 11) is 0. The van der Waals surface area contributed by atoms with E-state index in [4.69, 9.17) is 13.6 Å². The van der Waals surface area contributed by atoms with E-state index in [0.29, 0.717) is 46.0 Å². The molecule has 0 radical (unpaired) electrons. The maximum atomic E-state index is 13.8. The molecule has 5 rings (SSSR count). The van der Waals surface area contributed by atoms with Crippen LogP contribution in [0.3, 0.4) is 0 Å². The second-order valence-electron chi connectivity index (χ2n) is 7.23. The number of fused-ring (bicyclic) bond motifs is 1. The van der Waals surface area contributed by atoms with E-state index in [0.717, 1.165) is 5.56 Å². The highest BCUT2D eigenvalue weighted by atomic mass is 16.6. The minimum absolute atomic E-state index is 0.213. The van der Waals surface area contributed by atoms with Crippen LogP contribution in [0.1, 0.15) is 28.7 Å². The molecule has 0 aliphatic rings. The van der Waals surface area contributed by atoms with Crippen molar-refractivity contribution in [2.24, 2.45) is 0 Å². The van der Waals surface area contributed by atoms with Gasteiger partial charge in [0, 0.05) is 12.1 Å². The number of nitrogens with zero attached hydrogens (tertiary/aromatic N) is 5. The van der Waals surface area contributed by atoms with E-state index in [9.17, 15) is 4.79 Å². The standard InChI is InChI=1S/C23H19N5O4/c1-3-28(13-18-14(2)25-32-26-18)23(29)16-12-17(19-10-7-11-30-19)24-22-20(16)21(27-31-22)15-8-5-4-6-9-15/h4-12H,3,13H2,1-2H3. The predicted octanol–water partition coefficient (Wildman–Crippen LogP) is 4.50. The number of carbonyl (C=O) groups is 1. The summed E-state index contributed by atoms with van der Waals surface area (Å²) >= 11 is 0. The van der Waals surface area contributed by atoms with Gasteiger partial charge in [0.2, 0.25) is 0 Å². The SMILES string of the molecule is CCN(Cc1nonc1C)C(=O)c1cc(-c2ccco2)nc2onc(-c3ccccc3)c12. The number of furan rings is 1. The molecule has 160 valence electrons. The molecule has 0 fully saturated rings. The summed E-state index contributed by atoms with van der Waals surface area (Å²) in [6.45, 7) is 4.41. The molecule has 0 atom stereocenters. The molecule has 0 aliphatic heterocycles. The average Bonchev–Trinajstić information content (AvgIpc) is 3.58. The molecular formula is C23H19N5O4. The smallest absolute Gasteiger partial charge is 0.259 e. The van der Waals surface area contributed by atoms with E-state index in [2.05, 4.69) is 20.5 Å². The third kappa shape index (κ3) is 3.43. The maximum absolute atomic E-state index is 13.8. The van der Waals surface area contributed by atoms with E-state index >= 15 is 0 Å². The third-order valence-corrected chi connectivity index (χ3v) is 5.25. The van der Waals surface area contributed by atoms with Crippen molar-refractivity contribution in [1.82, 2.24) is 25.4 Å². The lowest BCUT2D eigenvalue weighted by molar-refractivity contribution is 0.0750.